The number of aromatic nitrogens is 1. The molecule has 2 rings (SSSR count). The van der Waals surface area contributed by atoms with Gasteiger partial charge in [-0.1, -0.05) is 30.0 Å². The highest BCUT2D eigenvalue weighted by atomic mass is 32.2. The first-order valence-electron chi connectivity index (χ1n) is 5.31. The van der Waals surface area contributed by atoms with Gasteiger partial charge in [-0.05, 0) is 37.1 Å². The molecule has 2 aromatic rings. The zero-order chi connectivity index (χ0) is 12.3. The third kappa shape index (κ3) is 2.48. The standard InChI is InChI=1S/C14H12N2S/c1-10-7-8-16-14(12(10)9-15)17-13-6-4-3-5-11(13)2/h3-8H,1-2H3. The Hall–Kier alpha value is -1.79. The van der Waals surface area contributed by atoms with Crippen LogP contribution in [0.5, 0.6) is 0 Å². The fourth-order valence-corrected chi connectivity index (χ4v) is 2.53. The maximum atomic E-state index is 9.14. The second-order valence-corrected chi connectivity index (χ2v) is 4.82. The molecule has 0 aliphatic carbocycles. The van der Waals surface area contributed by atoms with E-state index < -0.39 is 0 Å². The molecule has 1 aromatic carbocycles. The monoisotopic (exact) mass is 240 g/mol. The van der Waals surface area contributed by atoms with Gasteiger partial charge in [0.25, 0.3) is 0 Å². The normalized spacial score (nSPS) is 9.94. The molecule has 0 radical (unpaired) electrons. The summed E-state index contributed by atoms with van der Waals surface area (Å²) in [6, 6.07) is 12.2. The molecule has 1 aromatic heterocycles. The van der Waals surface area contributed by atoms with Crippen LogP contribution in [0.15, 0.2) is 46.5 Å². The Kier molecular flexibility index (Phi) is 3.46. The molecule has 0 saturated carbocycles. The van der Waals surface area contributed by atoms with Crippen molar-refractivity contribution in [2.45, 2.75) is 23.8 Å². The van der Waals surface area contributed by atoms with E-state index in [1.165, 1.54) is 5.56 Å². The zero-order valence-electron chi connectivity index (χ0n) is 9.77. The van der Waals surface area contributed by atoms with Crippen LogP contribution in [0.25, 0.3) is 0 Å². The highest BCUT2D eigenvalue weighted by molar-refractivity contribution is 7.99. The van der Waals surface area contributed by atoms with Crippen LogP contribution in [0.3, 0.4) is 0 Å². The molecule has 3 heteroatoms. The summed E-state index contributed by atoms with van der Waals surface area (Å²) in [5, 5.41) is 9.92. The smallest absolute Gasteiger partial charge is 0.119 e. The molecule has 0 bridgehead atoms. The molecule has 0 N–H and O–H groups in total. The average Bonchev–Trinajstić information content (AvgIpc) is 2.32. The Morgan fingerprint density at radius 3 is 2.59 bits per heavy atom. The number of rotatable bonds is 2. The molecule has 0 amide bonds. The van der Waals surface area contributed by atoms with Gasteiger partial charge in [-0.3, -0.25) is 0 Å². The van der Waals surface area contributed by atoms with E-state index in [0.29, 0.717) is 5.56 Å². The minimum atomic E-state index is 0.667. The van der Waals surface area contributed by atoms with Crippen LogP contribution in [0.4, 0.5) is 0 Å². The summed E-state index contributed by atoms with van der Waals surface area (Å²) < 4.78 is 0. The van der Waals surface area contributed by atoms with E-state index >= 15 is 0 Å². The number of hydrogen-bond acceptors (Lipinski definition) is 3. The van der Waals surface area contributed by atoms with E-state index in [1.54, 1.807) is 18.0 Å². The van der Waals surface area contributed by atoms with Gasteiger partial charge in [0.05, 0.1) is 5.56 Å². The van der Waals surface area contributed by atoms with Gasteiger partial charge in [0.1, 0.15) is 11.1 Å². The molecule has 0 fully saturated rings. The fraction of sp³-hybridized carbons (Fsp3) is 0.143. The first-order valence-corrected chi connectivity index (χ1v) is 6.13. The lowest BCUT2D eigenvalue weighted by Gasteiger charge is -2.07. The SMILES string of the molecule is Cc1ccccc1Sc1nccc(C)c1C#N. The first kappa shape index (κ1) is 11.7. The third-order valence-electron chi connectivity index (χ3n) is 2.54. The summed E-state index contributed by atoms with van der Waals surface area (Å²) in [7, 11) is 0. The van der Waals surface area contributed by atoms with Crippen LogP contribution in [-0.4, -0.2) is 4.98 Å². The predicted molar refractivity (Wildman–Crippen MR) is 69.0 cm³/mol. The quantitative estimate of drug-likeness (QED) is 0.802. The minimum Gasteiger partial charge on any atom is -0.248 e. The first-order chi connectivity index (χ1) is 8.22. The number of benzene rings is 1. The fourth-order valence-electron chi connectivity index (χ4n) is 1.52. The summed E-state index contributed by atoms with van der Waals surface area (Å²) >= 11 is 1.55. The van der Waals surface area contributed by atoms with Crippen molar-refractivity contribution < 1.29 is 0 Å². The molecule has 17 heavy (non-hydrogen) atoms. The van der Waals surface area contributed by atoms with Crippen LogP contribution < -0.4 is 0 Å². The predicted octanol–water partition coefficient (Wildman–Crippen LogP) is 3.72. The van der Waals surface area contributed by atoms with Crippen LogP contribution in [-0.2, 0) is 0 Å². The van der Waals surface area contributed by atoms with Crippen LogP contribution in [0, 0.1) is 25.2 Å². The van der Waals surface area contributed by atoms with Crippen molar-refractivity contribution in [2.75, 3.05) is 0 Å². The third-order valence-corrected chi connectivity index (χ3v) is 3.72. The molecule has 1 heterocycles. The van der Waals surface area contributed by atoms with Crippen molar-refractivity contribution in [3.8, 4) is 6.07 Å². The lowest BCUT2D eigenvalue weighted by Crippen LogP contribution is -1.90. The van der Waals surface area contributed by atoms with Gasteiger partial charge in [0.15, 0.2) is 0 Å². The Labute approximate surface area is 105 Å². The van der Waals surface area contributed by atoms with E-state index in [2.05, 4.69) is 24.0 Å². The molecule has 84 valence electrons. The summed E-state index contributed by atoms with van der Waals surface area (Å²) in [6.07, 6.45) is 1.75. The van der Waals surface area contributed by atoms with Gasteiger partial charge >= 0.3 is 0 Å². The zero-order valence-corrected chi connectivity index (χ0v) is 10.6. The van der Waals surface area contributed by atoms with Gasteiger partial charge in [-0.15, -0.1) is 0 Å². The van der Waals surface area contributed by atoms with Crippen molar-refractivity contribution >= 4 is 11.8 Å². The van der Waals surface area contributed by atoms with Crippen molar-refractivity contribution in [2.24, 2.45) is 0 Å². The molecular formula is C14H12N2S. The van der Waals surface area contributed by atoms with Crippen LogP contribution in [0.2, 0.25) is 0 Å². The summed E-state index contributed by atoms with van der Waals surface area (Å²) in [5.41, 5.74) is 2.84. The number of nitrogens with zero attached hydrogens (tertiary/aromatic N) is 2. The Morgan fingerprint density at radius 2 is 1.88 bits per heavy atom. The average molecular weight is 240 g/mol. The van der Waals surface area contributed by atoms with Crippen molar-refractivity contribution in [3.63, 3.8) is 0 Å². The minimum absolute atomic E-state index is 0.667. The van der Waals surface area contributed by atoms with Gasteiger partial charge < -0.3 is 0 Å². The summed E-state index contributed by atoms with van der Waals surface area (Å²) in [6.45, 7) is 3.99. The number of pyridine rings is 1. The second kappa shape index (κ2) is 5.03. The van der Waals surface area contributed by atoms with Crippen molar-refractivity contribution in [1.29, 1.82) is 5.26 Å². The van der Waals surface area contributed by atoms with E-state index in [4.69, 9.17) is 5.26 Å². The highest BCUT2D eigenvalue weighted by Crippen LogP contribution is 2.31. The van der Waals surface area contributed by atoms with Crippen molar-refractivity contribution in [3.05, 3.63) is 53.2 Å². The maximum absolute atomic E-state index is 9.14. The summed E-state index contributed by atoms with van der Waals surface area (Å²) in [4.78, 5) is 5.43. The van der Waals surface area contributed by atoms with E-state index in [9.17, 15) is 0 Å². The molecule has 0 spiro atoms. The number of aryl methyl sites for hydroxylation is 2. The highest BCUT2D eigenvalue weighted by Gasteiger charge is 2.09. The molecule has 0 aliphatic rings. The molecule has 0 aliphatic heterocycles. The van der Waals surface area contributed by atoms with Gasteiger partial charge in [0.2, 0.25) is 0 Å². The lowest BCUT2D eigenvalue weighted by molar-refractivity contribution is 1.08. The second-order valence-electron chi connectivity index (χ2n) is 3.79. The van der Waals surface area contributed by atoms with Gasteiger partial charge in [-0.2, -0.15) is 5.26 Å². The van der Waals surface area contributed by atoms with E-state index in [-0.39, 0.29) is 0 Å². The van der Waals surface area contributed by atoms with Crippen LogP contribution >= 0.6 is 11.8 Å². The molecular weight excluding hydrogens is 228 g/mol. The lowest BCUT2D eigenvalue weighted by atomic mass is 10.2. The van der Waals surface area contributed by atoms with E-state index in [1.807, 2.05) is 31.2 Å². The number of nitriles is 1. The Balaban J connectivity index is 2.41. The maximum Gasteiger partial charge on any atom is 0.119 e. The van der Waals surface area contributed by atoms with E-state index in [0.717, 1.165) is 15.5 Å². The molecule has 0 saturated heterocycles. The summed E-state index contributed by atoms with van der Waals surface area (Å²) in [5.74, 6) is 0. The van der Waals surface area contributed by atoms with Crippen LogP contribution in [0.1, 0.15) is 16.7 Å². The van der Waals surface area contributed by atoms with Gasteiger partial charge in [0, 0.05) is 11.1 Å². The van der Waals surface area contributed by atoms with Gasteiger partial charge in [-0.25, -0.2) is 4.98 Å². The number of hydrogen-bond donors (Lipinski definition) is 0. The van der Waals surface area contributed by atoms with Crippen molar-refractivity contribution in [1.82, 2.24) is 4.98 Å². The largest absolute Gasteiger partial charge is 0.248 e. The topological polar surface area (TPSA) is 36.7 Å². The molecule has 0 unspecified atom stereocenters. The molecule has 0 atom stereocenters. The Morgan fingerprint density at radius 1 is 1.12 bits per heavy atom. The Bertz CT molecular complexity index is 585. The molecule has 2 nitrogen and oxygen atoms in total.